The summed E-state index contributed by atoms with van der Waals surface area (Å²) < 4.78 is 16.3. The zero-order valence-electron chi connectivity index (χ0n) is 9.95. The predicted octanol–water partition coefficient (Wildman–Crippen LogP) is 3.35. The van der Waals surface area contributed by atoms with Gasteiger partial charge in [-0.1, -0.05) is 22.0 Å². The number of methoxy groups -OCH3 is 1. The Kier molecular flexibility index (Phi) is 4.68. The van der Waals surface area contributed by atoms with Crippen LogP contribution in [0.3, 0.4) is 0 Å². The SMILES string of the molecule is COc1cc(CBr)ccc1OCOCC1CC1. The first-order valence-corrected chi connectivity index (χ1v) is 6.89. The maximum atomic E-state index is 5.54. The fraction of sp³-hybridized carbons (Fsp3) is 0.538. The van der Waals surface area contributed by atoms with Crippen LogP contribution in [-0.2, 0) is 10.1 Å². The predicted molar refractivity (Wildman–Crippen MR) is 69.8 cm³/mol. The minimum absolute atomic E-state index is 0.292. The summed E-state index contributed by atoms with van der Waals surface area (Å²) in [6, 6.07) is 5.88. The number of benzene rings is 1. The van der Waals surface area contributed by atoms with E-state index in [1.165, 1.54) is 12.8 Å². The van der Waals surface area contributed by atoms with Gasteiger partial charge < -0.3 is 14.2 Å². The third-order valence-corrected chi connectivity index (χ3v) is 3.38. The van der Waals surface area contributed by atoms with Gasteiger partial charge in [0.2, 0.25) is 0 Å². The first kappa shape index (κ1) is 12.7. The smallest absolute Gasteiger partial charge is 0.189 e. The summed E-state index contributed by atoms with van der Waals surface area (Å²) >= 11 is 3.41. The van der Waals surface area contributed by atoms with Gasteiger partial charge in [-0.2, -0.15) is 0 Å². The quantitative estimate of drug-likeness (QED) is 0.439. The molecular formula is C13H17BrO3. The topological polar surface area (TPSA) is 27.7 Å². The Labute approximate surface area is 110 Å². The van der Waals surface area contributed by atoms with Crippen LogP contribution < -0.4 is 9.47 Å². The largest absolute Gasteiger partial charge is 0.493 e. The number of hydrogen-bond donors (Lipinski definition) is 0. The number of ether oxygens (including phenoxy) is 3. The Hall–Kier alpha value is -0.740. The molecule has 0 unspecified atom stereocenters. The summed E-state index contributed by atoms with van der Waals surface area (Å²) in [6.45, 7) is 1.10. The molecule has 0 atom stereocenters. The van der Waals surface area contributed by atoms with Gasteiger partial charge in [0.25, 0.3) is 0 Å². The van der Waals surface area contributed by atoms with Gasteiger partial charge in [0.1, 0.15) is 0 Å². The van der Waals surface area contributed by atoms with Crippen molar-refractivity contribution in [2.24, 2.45) is 5.92 Å². The van der Waals surface area contributed by atoms with E-state index < -0.39 is 0 Å². The van der Waals surface area contributed by atoms with Gasteiger partial charge in [0.15, 0.2) is 18.3 Å². The van der Waals surface area contributed by atoms with E-state index >= 15 is 0 Å². The summed E-state index contributed by atoms with van der Waals surface area (Å²) in [5.41, 5.74) is 1.16. The van der Waals surface area contributed by atoms with E-state index in [2.05, 4.69) is 15.9 Å². The summed E-state index contributed by atoms with van der Waals surface area (Å²) in [6.07, 6.45) is 2.59. The molecule has 0 bridgehead atoms. The molecule has 0 aliphatic heterocycles. The third kappa shape index (κ3) is 3.89. The summed E-state index contributed by atoms with van der Waals surface area (Å²) in [4.78, 5) is 0. The van der Waals surface area contributed by atoms with Crippen molar-refractivity contribution >= 4 is 15.9 Å². The molecule has 3 nitrogen and oxygen atoms in total. The van der Waals surface area contributed by atoms with E-state index in [1.54, 1.807) is 7.11 Å². The molecule has 1 aliphatic carbocycles. The van der Waals surface area contributed by atoms with Crippen molar-refractivity contribution in [1.82, 2.24) is 0 Å². The van der Waals surface area contributed by atoms with Crippen LogP contribution in [0.1, 0.15) is 18.4 Å². The van der Waals surface area contributed by atoms with Gasteiger partial charge in [-0.25, -0.2) is 0 Å². The van der Waals surface area contributed by atoms with E-state index in [-0.39, 0.29) is 0 Å². The van der Waals surface area contributed by atoms with Gasteiger partial charge in [-0.15, -0.1) is 0 Å². The fourth-order valence-electron chi connectivity index (χ4n) is 1.52. The molecule has 1 aromatic carbocycles. The second kappa shape index (κ2) is 6.26. The molecule has 1 fully saturated rings. The molecule has 0 radical (unpaired) electrons. The molecule has 0 saturated heterocycles. The molecule has 94 valence electrons. The second-order valence-electron chi connectivity index (χ2n) is 4.20. The van der Waals surface area contributed by atoms with E-state index in [4.69, 9.17) is 14.2 Å². The standard InChI is InChI=1S/C13H17BrO3/c1-15-13-6-11(7-14)4-5-12(13)17-9-16-8-10-2-3-10/h4-6,10H,2-3,7-9H2,1H3. The van der Waals surface area contributed by atoms with Crippen molar-refractivity contribution in [2.45, 2.75) is 18.2 Å². The number of rotatable bonds is 7. The second-order valence-corrected chi connectivity index (χ2v) is 4.76. The van der Waals surface area contributed by atoms with Gasteiger partial charge in [-0.05, 0) is 36.5 Å². The van der Waals surface area contributed by atoms with Crippen LogP contribution in [0.25, 0.3) is 0 Å². The van der Waals surface area contributed by atoms with E-state index in [9.17, 15) is 0 Å². The summed E-state index contributed by atoms with van der Waals surface area (Å²) in [5, 5.41) is 0.807. The average Bonchev–Trinajstić information content (AvgIpc) is 3.18. The molecule has 0 aromatic heterocycles. The maximum Gasteiger partial charge on any atom is 0.189 e. The molecule has 4 heteroatoms. The zero-order chi connectivity index (χ0) is 12.1. The normalized spacial score (nSPS) is 14.7. The highest BCUT2D eigenvalue weighted by Gasteiger charge is 2.21. The molecule has 0 spiro atoms. The van der Waals surface area contributed by atoms with Gasteiger partial charge in [0.05, 0.1) is 13.7 Å². The third-order valence-electron chi connectivity index (χ3n) is 2.73. The van der Waals surface area contributed by atoms with Crippen LogP contribution in [0.15, 0.2) is 18.2 Å². The Bertz CT molecular complexity index is 364. The van der Waals surface area contributed by atoms with E-state index in [1.807, 2.05) is 18.2 Å². The van der Waals surface area contributed by atoms with Crippen LogP contribution >= 0.6 is 15.9 Å². The lowest BCUT2D eigenvalue weighted by molar-refractivity contribution is 0.00865. The molecule has 0 N–H and O–H groups in total. The Morgan fingerprint density at radius 2 is 2.12 bits per heavy atom. The van der Waals surface area contributed by atoms with Crippen molar-refractivity contribution in [3.05, 3.63) is 23.8 Å². The molecule has 17 heavy (non-hydrogen) atoms. The Balaban J connectivity index is 1.84. The lowest BCUT2D eigenvalue weighted by Gasteiger charge is -2.11. The van der Waals surface area contributed by atoms with Gasteiger partial charge >= 0.3 is 0 Å². The van der Waals surface area contributed by atoms with Crippen molar-refractivity contribution in [3.8, 4) is 11.5 Å². The molecule has 1 aromatic rings. The summed E-state index contributed by atoms with van der Waals surface area (Å²) in [5.74, 6) is 2.24. The van der Waals surface area contributed by atoms with Crippen molar-refractivity contribution in [1.29, 1.82) is 0 Å². The average molecular weight is 301 g/mol. The lowest BCUT2D eigenvalue weighted by Crippen LogP contribution is -2.06. The Morgan fingerprint density at radius 1 is 1.29 bits per heavy atom. The number of alkyl halides is 1. The van der Waals surface area contributed by atoms with Crippen LogP contribution in [-0.4, -0.2) is 20.5 Å². The zero-order valence-corrected chi connectivity index (χ0v) is 11.5. The van der Waals surface area contributed by atoms with Crippen LogP contribution in [0.5, 0.6) is 11.5 Å². The lowest BCUT2D eigenvalue weighted by atomic mass is 10.2. The molecular weight excluding hydrogens is 284 g/mol. The van der Waals surface area contributed by atoms with E-state index in [0.717, 1.165) is 34.9 Å². The first-order chi connectivity index (χ1) is 8.33. The van der Waals surface area contributed by atoms with E-state index in [0.29, 0.717) is 6.79 Å². The van der Waals surface area contributed by atoms with Gasteiger partial charge in [0, 0.05) is 5.33 Å². The molecule has 0 amide bonds. The number of halogens is 1. The minimum Gasteiger partial charge on any atom is -0.493 e. The van der Waals surface area contributed by atoms with Gasteiger partial charge in [-0.3, -0.25) is 0 Å². The fourth-order valence-corrected chi connectivity index (χ4v) is 1.87. The highest BCUT2D eigenvalue weighted by atomic mass is 79.9. The maximum absolute atomic E-state index is 5.54. The van der Waals surface area contributed by atoms with Crippen molar-refractivity contribution < 1.29 is 14.2 Å². The molecule has 1 saturated carbocycles. The van der Waals surface area contributed by atoms with Crippen molar-refractivity contribution in [2.75, 3.05) is 20.5 Å². The van der Waals surface area contributed by atoms with Crippen molar-refractivity contribution in [3.63, 3.8) is 0 Å². The highest BCUT2D eigenvalue weighted by Crippen LogP contribution is 2.30. The van der Waals surface area contributed by atoms with Crippen LogP contribution in [0.2, 0.25) is 0 Å². The molecule has 2 rings (SSSR count). The van der Waals surface area contributed by atoms with Crippen LogP contribution in [0, 0.1) is 5.92 Å². The minimum atomic E-state index is 0.292. The molecule has 1 aliphatic rings. The first-order valence-electron chi connectivity index (χ1n) is 5.77. The molecule has 0 heterocycles. The monoisotopic (exact) mass is 300 g/mol. The number of hydrogen-bond acceptors (Lipinski definition) is 3. The highest BCUT2D eigenvalue weighted by molar-refractivity contribution is 9.08. The summed E-state index contributed by atoms with van der Waals surface area (Å²) in [7, 11) is 1.64. The van der Waals surface area contributed by atoms with Crippen LogP contribution in [0.4, 0.5) is 0 Å². The Morgan fingerprint density at radius 3 is 2.76 bits per heavy atom.